The van der Waals surface area contributed by atoms with E-state index in [1.54, 1.807) is 16.8 Å². The molecule has 0 aliphatic heterocycles. The van der Waals surface area contributed by atoms with E-state index in [1.165, 1.54) is 0 Å². The topological polar surface area (TPSA) is 83.3 Å². The molecule has 0 aliphatic carbocycles. The molecule has 0 amide bonds. The Labute approximate surface area is 116 Å². The summed E-state index contributed by atoms with van der Waals surface area (Å²) < 4.78 is 1.77. The van der Waals surface area contributed by atoms with Gasteiger partial charge in [-0.05, 0) is 24.3 Å². The number of aromatic hydroxyl groups is 1. The number of nitrogens with one attached hydrogen (secondary N) is 1. The fourth-order valence-corrected chi connectivity index (χ4v) is 3.10. The monoisotopic (exact) mass is 276 g/mol. The van der Waals surface area contributed by atoms with Gasteiger partial charge in [-0.2, -0.15) is 0 Å². The van der Waals surface area contributed by atoms with Crippen molar-refractivity contribution >= 4 is 38.4 Å². The van der Waals surface area contributed by atoms with Crippen molar-refractivity contribution in [3.8, 4) is 5.88 Å². The first kappa shape index (κ1) is 10.6. The van der Waals surface area contributed by atoms with Crippen LogP contribution in [0.5, 0.6) is 5.88 Å². The molecule has 0 aromatic carbocycles. The summed E-state index contributed by atoms with van der Waals surface area (Å²) in [5.74, 6) is -0.128. The minimum Gasteiger partial charge on any atom is -0.493 e. The SMILES string of the molecule is O=c1[nH]c(O)c2c1c1c3cccnc3nc1c1cccn12. The molecule has 2 N–H and O–H groups in total. The van der Waals surface area contributed by atoms with Crippen molar-refractivity contribution in [3.63, 3.8) is 0 Å². The predicted molar refractivity (Wildman–Crippen MR) is 79.0 cm³/mol. The first-order valence-corrected chi connectivity index (χ1v) is 6.47. The molecule has 21 heavy (non-hydrogen) atoms. The van der Waals surface area contributed by atoms with Crippen LogP contribution in [0.3, 0.4) is 0 Å². The number of nitrogens with zero attached hydrogens (tertiary/aromatic N) is 3. The zero-order chi connectivity index (χ0) is 14.1. The van der Waals surface area contributed by atoms with Crippen molar-refractivity contribution in [2.24, 2.45) is 0 Å². The summed E-state index contributed by atoms with van der Waals surface area (Å²) in [5.41, 5.74) is 2.32. The molecule has 0 spiro atoms. The second-order valence-corrected chi connectivity index (χ2v) is 5.00. The van der Waals surface area contributed by atoms with Gasteiger partial charge in [0.2, 0.25) is 5.88 Å². The average molecular weight is 276 g/mol. The maximum absolute atomic E-state index is 12.2. The van der Waals surface area contributed by atoms with Gasteiger partial charge in [0.05, 0.1) is 16.4 Å². The molecule has 100 valence electrons. The molecule has 5 rings (SSSR count). The van der Waals surface area contributed by atoms with Crippen LogP contribution in [0.1, 0.15) is 0 Å². The highest BCUT2D eigenvalue weighted by Crippen LogP contribution is 2.35. The molecule has 0 saturated carbocycles. The first-order valence-electron chi connectivity index (χ1n) is 6.47. The van der Waals surface area contributed by atoms with Gasteiger partial charge in [0.1, 0.15) is 5.52 Å². The standard InChI is InChI=1S/C15H8N4O2/c20-14-10-9-7-3-1-5-16-13(7)17-11(9)8-4-2-6-19(8)12(10)15(21)18-14/h1-6,21H,(H,18,20). The fraction of sp³-hybridized carbons (Fsp3) is 0. The van der Waals surface area contributed by atoms with E-state index in [1.807, 2.05) is 24.3 Å². The molecule has 0 atom stereocenters. The Kier molecular flexibility index (Phi) is 1.66. The van der Waals surface area contributed by atoms with E-state index in [-0.39, 0.29) is 11.4 Å². The van der Waals surface area contributed by atoms with Crippen molar-refractivity contribution in [3.05, 3.63) is 47.0 Å². The fourth-order valence-electron chi connectivity index (χ4n) is 3.10. The summed E-state index contributed by atoms with van der Waals surface area (Å²) in [4.78, 5) is 23.5. The predicted octanol–water partition coefficient (Wildman–Crippen LogP) is 2.02. The number of rotatable bonds is 0. The van der Waals surface area contributed by atoms with Crippen LogP contribution in [0.15, 0.2) is 41.5 Å². The molecule has 6 heteroatoms. The number of aromatic nitrogens is 4. The van der Waals surface area contributed by atoms with Crippen LogP contribution in [-0.2, 0) is 0 Å². The van der Waals surface area contributed by atoms with Crippen LogP contribution in [-0.4, -0.2) is 24.5 Å². The second kappa shape index (κ2) is 3.29. The van der Waals surface area contributed by atoms with Gasteiger partial charge in [-0.3, -0.25) is 9.78 Å². The lowest BCUT2D eigenvalue weighted by Gasteiger charge is -2.00. The lowest BCUT2D eigenvalue weighted by molar-refractivity contribution is 0.460. The van der Waals surface area contributed by atoms with Crippen LogP contribution >= 0.6 is 0 Å². The van der Waals surface area contributed by atoms with E-state index in [2.05, 4.69) is 15.0 Å². The van der Waals surface area contributed by atoms with Crippen molar-refractivity contribution < 1.29 is 5.11 Å². The van der Waals surface area contributed by atoms with Gasteiger partial charge in [0, 0.05) is 23.2 Å². The molecule has 0 unspecified atom stereocenters. The van der Waals surface area contributed by atoms with Crippen molar-refractivity contribution in [2.75, 3.05) is 0 Å². The van der Waals surface area contributed by atoms with Gasteiger partial charge in [-0.15, -0.1) is 0 Å². The summed E-state index contributed by atoms with van der Waals surface area (Å²) in [7, 11) is 0. The summed E-state index contributed by atoms with van der Waals surface area (Å²) in [6.45, 7) is 0. The third kappa shape index (κ3) is 1.11. The van der Waals surface area contributed by atoms with Crippen molar-refractivity contribution in [2.45, 2.75) is 0 Å². The summed E-state index contributed by atoms with van der Waals surface area (Å²) in [6, 6.07) is 7.47. The van der Waals surface area contributed by atoms with Crippen molar-refractivity contribution in [1.82, 2.24) is 19.4 Å². The number of pyridine rings is 2. The molecular weight excluding hydrogens is 268 g/mol. The molecule has 5 heterocycles. The van der Waals surface area contributed by atoms with Gasteiger partial charge in [0.25, 0.3) is 5.56 Å². The van der Waals surface area contributed by atoms with Gasteiger partial charge in [-0.25, -0.2) is 9.97 Å². The van der Waals surface area contributed by atoms with Crippen LogP contribution in [0.25, 0.3) is 38.4 Å². The van der Waals surface area contributed by atoms with E-state index in [4.69, 9.17) is 0 Å². The van der Waals surface area contributed by atoms with Crippen molar-refractivity contribution in [1.29, 1.82) is 0 Å². The molecule has 0 radical (unpaired) electrons. The highest BCUT2D eigenvalue weighted by atomic mass is 16.3. The van der Waals surface area contributed by atoms with E-state index in [9.17, 15) is 9.90 Å². The zero-order valence-corrected chi connectivity index (χ0v) is 10.7. The Morgan fingerprint density at radius 1 is 1.19 bits per heavy atom. The van der Waals surface area contributed by atoms with E-state index >= 15 is 0 Å². The summed E-state index contributed by atoms with van der Waals surface area (Å²) in [6.07, 6.45) is 3.48. The lowest BCUT2D eigenvalue weighted by Crippen LogP contribution is -1.98. The summed E-state index contributed by atoms with van der Waals surface area (Å²) >= 11 is 0. The molecule has 0 fully saturated rings. The lowest BCUT2D eigenvalue weighted by atomic mass is 10.1. The van der Waals surface area contributed by atoms with Crippen LogP contribution < -0.4 is 5.56 Å². The number of hydrogen-bond acceptors (Lipinski definition) is 4. The van der Waals surface area contributed by atoms with Crippen LogP contribution in [0, 0.1) is 0 Å². The van der Waals surface area contributed by atoms with Gasteiger partial charge in [-0.1, -0.05) is 0 Å². The molecule has 0 bridgehead atoms. The number of hydrogen-bond donors (Lipinski definition) is 2. The highest BCUT2D eigenvalue weighted by Gasteiger charge is 2.20. The third-order valence-electron chi connectivity index (χ3n) is 3.91. The highest BCUT2D eigenvalue weighted by molar-refractivity contribution is 6.23. The normalized spacial score (nSPS) is 12.2. The Morgan fingerprint density at radius 3 is 3.00 bits per heavy atom. The smallest absolute Gasteiger partial charge is 0.261 e. The van der Waals surface area contributed by atoms with E-state index < -0.39 is 0 Å². The second-order valence-electron chi connectivity index (χ2n) is 5.00. The number of aromatic amines is 1. The largest absolute Gasteiger partial charge is 0.493 e. The molecule has 5 aromatic heterocycles. The number of fused-ring (bicyclic) bond motifs is 8. The van der Waals surface area contributed by atoms with Crippen LogP contribution in [0.2, 0.25) is 0 Å². The molecule has 5 aromatic rings. The maximum atomic E-state index is 12.2. The minimum atomic E-state index is -0.318. The molecular formula is C15H8N4O2. The number of H-pyrrole nitrogens is 1. The molecule has 6 nitrogen and oxygen atoms in total. The quantitative estimate of drug-likeness (QED) is 0.453. The Balaban J connectivity index is 2.32. The summed E-state index contributed by atoms with van der Waals surface area (Å²) in [5, 5.41) is 12.1. The molecule has 0 saturated heterocycles. The van der Waals surface area contributed by atoms with Gasteiger partial charge >= 0.3 is 0 Å². The first-order chi connectivity index (χ1) is 10.3. The zero-order valence-electron chi connectivity index (χ0n) is 10.7. The Bertz CT molecular complexity index is 1220. The van der Waals surface area contributed by atoms with E-state index in [0.29, 0.717) is 16.6 Å². The van der Waals surface area contributed by atoms with Crippen LogP contribution in [0.4, 0.5) is 0 Å². The van der Waals surface area contributed by atoms with E-state index in [0.717, 1.165) is 21.8 Å². The average Bonchev–Trinajstić information content (AvgIpc) is 3.14. The van der Waals surface area contributed by atoms with Gasteiger partial charge < -0.3 is 9.51 Å². The molecule has 0 aliphatic rings. The maximum Gasteiger partial charge on any atom is 0.261 e. The third-order valence-corrected chi connectivity index (χ3v) is 3.91. The Hall–Kier alpha value is -3.15. The Morgan fingerprint density at radius 2 is 2.10 bits per heavy atom. The minimum absolute atomic E-state index is 0.128. The van der Waals surface area contributed by atoms with Gasteiger partial charge in [0.15, 0.2) is 5.65 Å².